The minimum Gasteiger partial charge on any atom is -0.373 e. The van der Waals surface area contributed by atoms with Gasteiger partial charge in [0.25, 0.3) is 0 Å². The molecule has 0 spiro atoms. The molecule has 0 atom stereocenters. The lowest BCUT2D eigenvalue weighted by molar-refractivity contribution is 0.761. The lowest BCUT2D eigenvalue weighted by Gasteiger charge is -2.19. The van der Waals surface area contributed by atoms with E-state index in [1.807, 2.05) is 50.2 Å². The number of aromatic nitrogens is 3. The summed E-state index contributed by atoms with van der Waals surface area (Å²) in [5.41, 5.74) is 1.12. The molecule has 0 aliphatic carbocycles. The van der Waals surface area contributed by atoms with Gasteiger partial charge < -0.3 is 14.8 Å². The predicted octanol–water partition coefficient (Wildman–Crippen LogP) is 1.49. The third-order valence-electron chi connectivity index (χ3n) is 2.74. The van der Waals surface area contributed by atoms with Gasteiger partial charge in [-0.3, -0.25) is 0 Å². The number of imidazole rings is 1. The monoisotopic (exact) mass is 231 g/mol. The van der Waals surface area contributed by atoms with E-state index in [0.29, 0.717) is 0 Å². The van der Waals surface area contributed by atoms with Crippen LogP contribution < -0.4 is 10.2 Å². The fourth-order valence-electron chi connectivity index (χ4n) is 1.65. The van der Waals surface area contributed by atoms with E-state index in [9.17, 15) is 0 Å². The van der Waals surface area contributed by atoms with Crippen molar-refractivity contribution in [3.8, 4) is 0 Å². The maximum atomic E-state index is 4.31. The Balaban J connectivity index is 2.14. The van der Waals surface area contributed by atoms with Gasteiger partial charge in [-0.2, -0.15) is 0 Å². The van der Waals surface area contributed by atoms with Crippen molar-refractivity contribution in [3.63, 3.8) is 0 Å². The van der Waals surface area contributed by atoms with Gasteiger partial charge in [-0.05, 0) is 6.07 Å². The molecule has 0 unspecified atom stereocenters. The zero-order chi connectivity index (χ0) is 12.3. The molecular formula is C12H17N5. The first-order valence-corrected chi connectivity index (χ1v) is 5.52. The van der Waals surface area contributed by atoms with Gasteiger partial charge in [-0.25, -0.2) is 9.97 Å². The number of pyridine rings is 1. The van der Waals surface area contributed by atoms with Crippen molar-refractivity contribution < 1.29 is 0 Å². The summed E-state index contributed by atoms with van der Waals surface area (Å²) in [7, 11) is 5.91. The van der Waals surface area contributed by atoms with E-state index in [1.54, 1.807) is 6.20 Å². The van der Waals surface area contributed by atoms with Crippen LogP contribution >= 0.6 is 0 Å². The summed E-state index contributed by atoms with van der Waals surface area (Å²) in [6, 6.07) is 4.01. The maximum Gasteiger partial charge on any atom is 0.127 e. The lowest BCUT2D eigenvalue weighted by atomic mass is 10.3. The molecule has 2 aromatic rings. The van der Waals surface area contributed by atoms with Crippen LogP contribution in [0.1, 0.15) is 5.82 Å². The smallest absolute Gasteiger partial charge is 0.127 e. The summed E-state index contributed by atoms with van der Waals surface area (Å²) < 4.78 is 2.02. The van der Waals surface area contributed by atoms with Crippen molar-refractivity contribution in [2.45, 2.75) is 6.54 Å². The molecule has 0 aliphatic rings. The molecule has 5 nitrogen and oxygen atoms in total. The predicted molar refractivity (Wildman–Crippen MR) is 69.1 cm³/mol. The van der Waals surface area contributed by atoms with Crippen molar-refractivity contribution in [2.24, 2.45) is 7.05 Å². The van der Waals surface area contributed by atoms with Gasteiger partial charge in [-0.15, -0.1) is 0 Å². The molecule has 2 rings (SSSR count). The zero-order valence-electron chi connectivity index (χ0n) is 10.4. The number of hydrogen-bond donors (Lipinski definition) is 1. The molecule has 0 amide bonds. The molecular weight excluding hydrogens is 214 g/mol. The first-order valence-electron chi connectivity index (χ1n) is 5.52. The molecule has 0 aliphatic heterocycles. The van der Waals surface area contributed by atoms with Crippen molar-refractivity contribution >= 4 is 11.5 Å². The Morgan fingerprint density at radius 2 is 2.18 bits per heavy atom. The summed E-state index contributed by atoms with van der Waals surface area (Å²) in [6.45, 7) is 0.774. The average molecular weight is 231 g/mol. The van der Waals surface area contributed by atoms with E-state index in [2.05, 4.69) is 20.2 Å². The third-order valence-corrected chi connectivity index (χ3v) is 2.74. The Hall–Kier alpha value is -2.04. The quantitative estimate of drug-likeness (QED) is 0.866. The summed E-state index contributed by atoms with van der Waals surface area (Å²) in [5.74, 6) is 1.91. The highest BCUT2D eigenvalue weighted by Crippen LogP contribution is 2.17. The second kappa shape index (κ2) is 4.86. The number of anilines is 2. The average Bonchev–Trinajstić information content (AvgIpc) is 2.75. The molecule has 0 saturated carbocycles. The Morgan fingerprint density at radius 1 is 1.35 bits per heavy atom. The van der Waals surface area contributed by atoms with Crippen LogP contribution in [0.25, 0.3) is 0 Å². The van der Waals surface area contributed by atoms with Gasteiger partial charge in [-0.1, -0.05) is 0 Å². The van der Waals surface area contributed by atoms with Crippen LogP contribution in [0.4, 0.5) is 11.5 Å². The molecule has 0 saturated heterocycles. The fourth-order valence-corrected chi connectivity index (χ4v) is 1.65. The Kier molecular flexibility index (Phi) is 3.27. The van der Waals surface area contributed by atoms with Gasteiger partial charge in [0, 0.05) is 51.5 Å². The standard InChI is InChI=1S/C12H17N5/c1-13-11-8-10(4-5-14-11)17(3)9-12-15-6-7-16(12)2/h4-8H,9H2,1-3H3,(H,13,14). The van der Waals surface area contributed by atoms with E-state index in [0.717, 1.165) is 23.9 Å². The highest BCUT2D eigenvalue weighted by Gasteiger charge is 2.06. The number of aryl methyl sites for hydroxylation is 1. The Morgan fingerprint density at radius 3 is 2.82 bits per heavy atom. The molecule has 0 bridgehead atoms. The largest absolute Gasteiger partial charge is 0.373 e. The van der Waals surface area contributed by atoms with Crippen molar-refractivity contribution in [3.05, 3.63) is 36.5 Å². The van der Waals surface area contributed by atoms with Crippen molar-refractivity contribution in [1.82, 2.24) is 14.5 Å². The zero-order valence-corrected chi connectivity index (χ0v) is 10.4. The third kappa shape index (κ3) is 2.55. The van der Waals surface area contributed by atoms with Crippen LogP contribution in [-0.4, -0.2) is 28.6 Å². The molecule has 0 radical (unpaired) electrons. The van der Waals surface area contributed by atoms with E-state index in [4.69, 9.17) is 0 Å². The number of hydrogen-bond acceptors (Lipinski definition) is 4. The molecule has 17 heavy (non-hydrogen) atoms. The molecule has 2 heterocycles. The second-order valence-corrected chi connectivity index (χ2v) is 3.96. The van der Waals surface area contributed by atoms with E-state index < -0.39 is 0 Å². The summed E-state index contributed by atoms with van der Waals surface area (Å²) in [4.78, 5) is 10.7. The van der Waals surface area contributed by atoms with E-state index in [1.165, 1.54) is 0 Å². The highest BCUT2D eigenvalue weighted by atomic mass is 15.2. The van der Waals surface area contributed by atoms with Crippen LogP contribution in [0.15, 0.2) is 30.7 Å². The maximum absolute atomic E-state index is 4.31. The number of rotatable bonds is 4. The highest BCUT2D eigenvalue weighted by molar-refractivity contribution is 5.53. The lowest BCUT2D eigenvalue weighted by Crippen LogP contribution is -2.19. The molecule has 0 aromatic carbocycles. The molecule has 5 heteroatoms. The van der Waals surface area contributed by atoms with Gasteiger partial charge in [0.15, 0.2) is 0 Å². The SMILES string of the molecule is CNc1cc(N(C)Cc2nccn2C)ccn1. The normalized spacial score (nSPS) is 10.3. The number of nitrogens with one attached hydrogen (secondary N) is 1. The minimum absolute atomic E-state index is 0.774. The summed E-state index contributed by atoms with van der Waals surface area (Å²) in [6.07, 6.45) is 5.57. The van der Waals surface area contributed by atoms with Crippen LogP contribution in [0.2, 0.25) is 0 Å². The Bertz CT molecular complexity index is 491. The Labute approximate surface area is 101 Å². The first kappa shape index (κ1) is 11.4. The molecule has 0 fully saturated rings. The van der Waals surface area contributed by atoms with Crippen molar-refractivity contribution in [1.29, 1.82) is 0 Å². The van der Waals surface area contributed by atoms with Gasteiger partial charge >= 0.3 is 0 Å². The summed E-state index contributed by atoms with van der Waals surface area (Å²) in [5, 5.41) is 3.03. The molecule has 90 valence electrons. The second-order valence-electron chi connectivity index (χ2n) is 3.96. The van der Waals surface area contributed by atoms with Crippen LogP contribution in [0.3, 0.4) is 0 Å². The van der Waals surface area contributed by atoms with Crippen LogP contribution in [0.5, 0.6) is 0 Å². The van der Waals surface area contributed by atoms with Gasteiger partial charge in [0.1, 0.15) is 11.6 Å². The van der Waals surface area contributed by atoms with Gasteiger partial charge in [0.05, 0.1) is 6.54 Å². The first-order chi connectivity index (χ1) is 8.20. The molecule has 1 N–H and O–H groups in total. The number of nitrogens with zero attached hydrogens (tertiary/aromatic N) is 4. The van der Waals surface area contributed by atoms with Crippen molar-refractivity contribution in [2.75, 3.05) is 24.3 Å². The summed E-state index contributed by atoms with van der Waals surface area (Å²) >= 11 is 0. The fraction of sp³-hybridized carbons (Fsp3) is 0.333. The minimum atomic E-state index is 0.774. The topological polar surface area (TPSA) is 46.0 Å². The van der Waals surface area contributed by atoms with Crippen LogP contribution in [-0.2, 0) is 13.6 Å². The molecule has 2 aromatic heterocycles. The van der Waals surface area contributed by atoms with E-state index >= 15 is 0 Å². The van der Waals surface area contributed by atoms with Crippen LogP contribution in [0, 0.1) is 0 Å². The van der Waals surface area contributed by atoms with Gasteiger partial charge in [0.2, 0.25) is 0 Å². The van der Waals surface area contributed by atoms with E-state index in [-0.39, 0.29) is 0 Å².